The van der Waals surface area contributed by atoms with Crippen LogP contribution in [0, 0.1) is 12.7 Å². The summed E-state index contributed by atoms with van der Waals surface area (Å²) in [5.41, 5.74) is 3.18. The largest absolute Gasteiger partial charge is 0.306 e. The average molecular weight is 243 g/mol. The van der Waals surface area contributed by atoms with E-state index in [-0.39, 0.29) is 11.9 Å². The summed E-state index contributed by atoms with van der Waals surface area (Å²) in [6.45, 7) is 4.71. The van der Waals surface area contributed by atoms with E-state index in [1.54, 1.807) is 6.07 Å². The summed E-state index contributed by atoms with van der Waals surface area (Å²) >= 11 is 0. The van der Waals surface area contributed by atoms with Gasteiger partial charge in [-0.15, -0.1) is 0 Å². The van der Waals surface area contributed by atoms with Gasteiger partial charge in [0.15, 0.2) is 0 Å². The first kappa shape index (κ1) is 12.8. The Bertz CT molecular complexity index is 522. The molecule has 1 N–H and O–H groups in total. The molecule has 2 rings (SSSR count). The molecule has 0 saturated carbocycles. The molecule has 1 unspecified atom stereocenters. The molecule has 0 amide bonds. The zero-order chi connectivity index (χ0) is 13.0. The summed E-state index contributed by atoms with van der Waals surface area (Å²) in [5.74, 6) is -0.151. The Hall–Kier alpha value is -1.67. The third-order valence-corrected chi connectivity index (χ3v) is 3.10. The molecule has 1 atom stereocenters. The highest BCUT2D eigenvalue weighted by Gasteiger charge is 2.06. The Morgan fingerprint density at radius 3 is 2.61 bits per heavy atom. The van der Waals surface area contributed by atoms with Crippen LogP contribution < -0.4 is 5.32 Å². The van der Waals surface area contributed by atoms with E-state index in [2.05, 4.69) is 37.4 Å². The molecule has 94 valence electrons. The molecule has 0 fully saturated rings. The number of hydrogen-bond donors (Lipinski definition) is 1. The van der Waals surface area contributed by atoms with Crippen LogP contribution in [-0.2, 0) is 6.54 Å². The molecule has 0 spiro atoms. The Balaban J connectivity index is 2.00. The molecule has 18 heavy (non-hydrogen) atoms. The zero-order valence-electron chi connectivity index (χ0n) is 10.8. The number of nitrogens with one attached hydrogen (secondary N) is 1. The van der Waals surface area contributed by atoms with E-state index in [4.69, 9.17) is 0 Å². The van der Waals surface area contributed by atoms with Gasteiger partial charge in [-0.2, -0.15) is 0 Å². The van der Waals surface area contributed by atoms with Crippen molar-refractivity contribution in [1.82, 2.24) is 5.32 Å². The van der Waals surface area contributed by atoms with Gasteiger partial charge in [0.1, 0.15) is 5.82 Å². The molecular weight excluding hydrogens is 225 g/mol. The summed E-state index contributed by atoms with van der Waals surface area (Å²) < 4.78 is 13.5. The van der Waals surface area contributed by atoms with Crippen molar-refractivity contribution in [3.8, 4) is 0 Å². The van der Waals surface area contributed by atoms with Crippen molar-refractivity contribution in [2.75, 3.05) is 0 Å². The SMILES string of the molecule is Cc1cccc(C(C)NCc2ccccc2F)c1. The van der Waals surface area contributed by atoms with E-state index in [1.165, 1.54) is 17.2 Å². The summed E-state index contributed by atoms with van der Waals surface area (Å²) in [6.07, 6.45) is 0. The topological polar surface area (TPSA) is 12.0 Å². The van der Waals surface area contributed by atoms with E-state index < -0.39 is 0 Å². The van der Waals surface area contributed by atoms with Gasteiger partial charge >= 0.3 is 0 Å². The highest BCUT2D eigenvalue weighted by atomic mass is 19.1. The Morgan fingerprint density at radius 2 is 1.89 bits per heavy atom. The maximum Gasteiger partial charge on any atom is 0.127 e. The Kier molecular flexibility index (Phi) is 4.11. The van der Waals surface area contributed by atoms with Gasteiger partial charge in [-0.25, -0.2) is 4.39 Å². The normalized spacial score (nSPS) is 12.4. The first-order valence-corrected chi connectivity index (χ1v) is 6.20. The molecule has 0 aromatic heterocycles. The van der Waals surface area contributed by atoms with E-state index in [1.807, 2.05) is 18.2 Å². The van der Waals surface area contributed by atoms with E-state index in [0.717, 1.165) is 0 Å². The van der Waals surface area contributed by atoms with Crippen LogP contribution in [0.2, 0.25) is 0 Å². The lowest BCUT2D eigenvalue weighted by atomic mass is 10.1. The smallest absolute Gasteiger partial charge is 0.127 e. The monoisotopic (exact) mass is 243 g/mol. The van der Waals surface area contributed by atoms with E-state index in [0.29, 0.717) is 12.1 Å². The lowest BCUT2D eigenvalue weighted by molar-refractivity contribution is 0.544. The van der Waals surface area contributed by atoms with Crippen molar-refractivity contribution in [2.45, 2.75) is 26.4 Å². The highest BCUT2D eigenvalue weighted by molar-refractivity contribution is 5.25. The molecule has 0 radical (unpaired) electrons. The Labute approximate surface area is 108 Å². The number of aryl methyl sites for hydroxylation is 1. The van der Waals surface area contributed by atoms with Gasteiger partial charge in [0, 0.05) is 18.2 Å². The van der Waals surface area contributed by atoms with Crippen LogP contribution in [0.5, 0.6) is 0 Å². The minimum atomic E-state index is -0.151. The van der Waals surface area contributed by atoms with Crippen LogP contribution in [0.15, 0.2) is 48.5 Å². The second kappa shape index (κ2) is 5.78. The molecule has 2 heteroatoms. The van der Waals surface area contributed by atoms with Gasteiger partial charge in [-0.1, -0.05) is 48.0 Å². The predicted molar refractivity (Wildman–Crippen MR) is 72.8 cm³/mol. The van der Waals surface area contributed by atoms with Crippen LogP contribution in [0.4, 0.5) is 4.39 Å². The molecule has 0 aliphatic rings. The fourth-order valence-electron chi connectivity index (χ4n) is 1.96. The van der Waals surface area contributed by atoms with Gasteiger partial charge in [-0.05, 0) is 25.5 Å². The van der Waals surface area contributed by atoms with Gasteiger partial charge in [0.25, 0.3) is 0 Å². The van der Waals surface area contributed by atoms with Crippen molar-refractivity contribution in [3.05, 3.63) is 71.0 Å². The minimum absolute atomic E-state index is 0.151. The summed E-state index contributed by atoms with van der Waals surface area (Å²) in [6, 6.07) is 15.5. The third-order valence-electron chi connectivity index (χ3n) is 3.10. The minimum Gasteiger partial charge on any atom is -0.306 e. The van der Waals surface area contributed by atoms with E-state index >= 15 is 0 Å². The van der Waals surface area contributed by atoms with Gasteiger partial charge in [0.05, 0.1) is 0 Å². The number of benzene rings is 2. The summed E-state index contributed by atoms with van der Waals surface area (Å²) in [5, 5.41) is 3.34. The lowest BCUT2D eigenvalue weighted by Gasteiger charge is -2.15. The fourth-order valence-corrected chi connectivity index (χ4v) is 1.96. The van der Waals surface area contributed by atoms with E-state index in [9.17, 15) is 4.39 Å². The fraction of sp³-hybridized carbons (Fsp3) is 0.250. The molecule has 0 aliphatic heterocycles. The number of rotatable bonds is 4. The maximum absolute atomic E-state index is 13.5. The molecule has 0 aliphatic carbocycles. The van der Waals surface area contributed by atoms with Crippen LogP contribution in [0.1, 0.15) is 29.7 Å². The first-order chi connectivity index (χ1) is 8.66. The molecular formula is C16H18FN. The second-order valence-electron chi connectivity index (χ2n) is 4.61. The van der Waals surface area contributed by atoms with Crippen molar-refractivity contribution < 1.29 is 4.39 Å². The van der Waals surface area contributed by atoms with Crippen molar-refractivity contribution >= 4 is 0 Å². The molecule has 2 aromatic rings. The highest BCUT2D eigenvalue weighted by Crippen LogP contribution is 2.15. The molecule has 2 aromatic carbocycles. The lowest BCUT2D eigenvalue weighted by Crippen LogP contribution is -2.18. The van der Waals surface area contributed by atoms with Crippen LogP contribution in [0.3, 0.4) is 0 Å². The average Bonchev–Trinajstić information content (AvgIpc) is 2.37. The number of hydrogen-bond acceptors (Lipinski definition) is 1. The van der Waals surface area contributed by atoms with Crippen LogP contribution in [-0.4, -0.2) is 0 Å². The summed E-state index contributed by atoms with van der Waals surface area (Å²) in [7, 11) is 0. The predicted octanol–water partition coefficient (Wildman–Crippen LogP) is 3.98. The van der Waals surface area contributed by atoms with Gasteiger partial charge in [0.2, 0.25) is 0 Å². The molecule has 0 bridgehead atoms. The second-order valence-corrected chi connectivity index (χ2v) is 4.61. The zero-order valence-corrected chi connectivity index (χ0v) is 10.8. The van der Waals surface area contributed by atoms with Crippen molar-refractivity contribution in [3.63, 3.8) is 0 Å². The quantitative estimate of drug-likeness (QED) is 0.856. The molecule has 1 nitrogen and oxygen atoms in total. The number of halogens is 1. The van der Waals surface area contributed by atoms with Crippen LogP contribution >= 0.6 is 0 Å². The first-order valence-electron chi connectivity index (χ1n) is 6.20. The summed E-state index contributed by atoms with van der Waals surface area (Å²) in [4.78, 5) is 0. The standard InChI is InChI=1S/C16H18FN/c1-12-6-5-8-14(10-12)13(2)18-11-15-7-3-4-9-16(15)17/h3-10,13,18H,11H2,1-2H3. The van der Waals surface area contributed by atoms with Crippen LogP contribution in [0.25, 0.3) is 0 Å². The van der Waals surface area contributed by atoms with Crippen molar-refractivity contribution in [2.24, 2.45) is 0 Å². The molecule has 0 saturated heterocycles. The van der Waals surface area contributed by atoms with Crippen molar-refractivity contribution in [1.29, 1.82) is 0 Å². The third kappa shape index (κ3) is 3.17. The molecule has 0 heterocycles. The maximum atomic E-state index is 13.5. The van der Waals surface area contributed by atoms with Gasteiger partial charge < -0.3 is 5.32 Å². The van der Waals surface area contributed by atoms with Gasteiger partial charge in [-0.3, -0.25) is 0 Å². The Morgan fingerprint density at radius 1 is 1.11 bits per heavy atom.